The van der Waals surface area contributed by atoms with E-state index >= 15 is 0 Å². The lowest BCUT2D eigenvalue weighted by atomic mass is 9.90. The maximum atomic E-state index is 4.06. The number of aromatic nitrogens is 2. The molecule has 3 heteroatoms. The van der Waals surface area contributed by atoms with Crippen molar-refractivity contribution in [3.05, 3.63) is 48.0 Å². The summed E-state index contributed by atoms with van der Waals surface area (Å²) in [6.07, 6.45) is 12.0. The standard InChI is InChI=1S/C16H21N3/c1-2-7-15-14(5-1)6-3-8-16(15)18-9-4-11-19-12-10-17-13-19/h3,6,8,10,12-13,18H,1-2,4-5,7,9,11H2. The second-order valence-corrected chi connectivity index (χ2v) is 5.23. The highest BCUT2D eigenvalue weighted by molar-refractivity contribution is 5.55. The van der Waals surface area contributed by atoms with Crippen LogP contribution in [-0.2, 0) is 19.4 Å². The molecule has 3 rings (SSSR count). The summed E-state index contributed by atoms with van der Waals surface area (Å²) < 4.78 is 2.13. The molecule has 0 amide bonds. The summed E-state index contributed by atoms with van der Waals surface area (Å²) in [7, 11) is 0. The van der Waals surface area contributed by atoms with Gasteiger partial charge in [-0.1, -0.05) is 12.1 Å². The fourth-order valence-corrected chi connectivity index (χ4v) is 2.85. The van der Waals surface area contributed by atoms with Crippen LogP contribution in [0.25, 0.3) is 0 Å². The number of imidazole rings is 1. The molecule has 0 aliphatic heterocycles. The van der Waals surface area contributed by atoms with Crippen molar-refractivity contribution < 1.29 is 0 Å². The highest BCUT2D eigenvalue weighted by Gasteiger charge is 2.12. The van der Waals surface area contributed by atoms with Gasteiger partial charge in [0.1, 0.15) is 0 Å². The Kier molecular flexibility index (Phi) is 3.82. The van der Waals surface area contributed by atoms with Crippen LogP contribution < -0.4 is 5.32 Å². The van der Waals surface area contributed by atoms with Crippen LogP contribution in [-0.4, -0.2) is 16.1 Å². The number of fused-ring (bicyclic) bond motifs is 1. The topological polar surface area (TPSA) is 29.9 Å². The van der Waals surface area contributed by atoms with Gasteiger partial charge in [-0.15, -0.1) is 0 Å². The summed E-state index contributed by atoms with van der Waals surface area (Å²) in [6, 6.07) is 6.69. The van der Waals surface area contributed by atoms with Gasteiger partial charge in [-0.2, -0.15) is 0 Å². The summed E-state index contributed by atoms with van der Waals surface area (Å²) in [5.41, 5.74) is 4.45. The molecule has 19 heavy (non-hydrogen) atoms. The van der Waals surface area contributed by atoms with Crippen molar-refractivity contribution in [1.29, 1.82) is 0 Å². The highest BCUT2D eigenvalue weighted by Crippen LogP contribution is 2.27. The first-order valence-electron chi connectivity index (χ1n) is 7.24. The molecular formula is C16H21N3. The number of nitrogens with one attached hydrogen (secondary N) is 1. The fourth-order valence-electron chi connectivity index (χ4n) is 2.85. The Morgan fingerprint density at radius 3 is 3.05 bits per heavy atom. The summed E-state index contributed by atoms with van der Waals surface area (Å²) in [4.78, 5) is 4.06. The molecular weight excluding hydrogens is 234 g/mol. The van der Waals surface area contributed by atoms with Gasteiger partial charge in [-0.3, -0.25) is 0 Å². The Morgan fingerprint density at radius 1 is 1.21 bits per heavy atom. The summed E-state index contributed by atoms with van der Waals surface area (Å²) in [5, 5.41) is 3.60. The van der Waals surface area contributed by atoms with Crippen molar-refractivity contribution in [2.75, 3.05) is 11.9 Å². The van der Waals surface area contributed by atoms with Crippen LogP contribution in [0.3, 0.4) is 0 Å². The van der Waals surface area contributed by atoms with Crippen molar-refractivity contribution in [2.45, 2.75) is 38.6 Å². The Hall–Kier alpha value is -1.77. The first kappa shape index (κ1) is 12.3. The van der Waals surface area contributed by atoms with E-state index in [0.717, 1.165) is 19.5 Å². The molecule has 0 saturated carbocycles. The molecule has 1 aromatic heterocycles. The lowest BCUT2D eigenvalue weighted by Gasteiger charge is -2.20. The van der Waals surface area contributed by atoms with Gasteiger partial charge in [-0.25, -0.2) is 4.98 Å². The van der Waals surface area contributed by atoms with Crippen molar-refractivity contribution in [1.82, 2.24) is 9.55 Å². The summed E-state index contributed by atoms with van der Waals surface area (Å²) >= 11 is 0. The minimum absolute atomic E-state index is 1.02. The van der Waals surface area contributed by atoms with Gasteiger partial charge in [0, 0.05) is 31.2 Å². The van der Waals surface area contributed by atoms with Gasteiger partial charge >= 0.3 is 0 Å². The van der Waals surface area contributed by atoms with Gasteiger partial charge in [0.15, 0.2) is 0 Å². The van der Waals surface area contributed by atoms with Crippen LogP contribution in [0.15, 0.2) is 36.9 Å². The zero-order valence-electron chi connectivity index (χ0n) is 11.3. The molecule has 0 saturated heterocycles. The van der Waals surface area contributed by atoms with E-state index in [-0.39, 0.29) is 0 Å². The average molecular weight is 255 g/mol. The third-order valence-corrected chi connectivity index (χ3v) is 3.86. The van der Waals surface area contributed by atoms with Crippen molar-refractivity contribution in [3.63, 3.8) is 0 Å². The smallest absolute Gasteiger partial charge is 0.0945 e. The van der Waals surface area contributed by atoms with E-state index in [9.17, 15) is 0 Å². The largest absolute Gasteiger partial charge is 0.385 e. The number of nitrogens with zero attached hydrogens (tertiary/aromatic N) is 2. The Labute approximate surface area is 114 Å². The molecule has 2 aromatic rings. The Balaban J connectivity index is 1.55. The van der Waals surface area contributed by atoms with Gasteiger partial charge in [0.2, 0.25) is 0 Å². The van der Waals surface area contributed by atoms with Crippen LogP contribution in [0.4, 0.5) is 5.69 Å². The van der Waals surface area contributed by atoms with Crippen LogP contribution in [0.2, 0.25) is 0 Å². The van der Waals surface area contributed by atoms with Gasteiger partial charge < -0.3 is 9.88 Å². The van der Waals surface area contributed by atoms with Gasteiger partial charge in [-0.05, 0) is 49.3 Å². The molecule has 3 nitrogen and oxygen atoms in total. The second kappa shape index (κ2) is 5.91. The van der Waals surface area contributed by atoms with Gasteiger partial charge in [0.05, 0.1) is 6.33 Å². The Morgan fingerprint density at radius 2 is 2.16 bits per heavy atom. The number of aryl methyl sites for hydroxylation is 2. The number of rotatable bonds is 5. The molecule has 0 unspecified atom stereocenters. The highest BCUT2D eigenvalue weighted by atomic mass is 15.0. The minimum atomic E-state index is 1.02. The van der Waals surface area contributed by atoms with E-state index in [0.29, 0.717) is 0 Å². The third-order valence-electron chi connectivity index (χ3n) is 3.86. The summed E-state index contributed by atoms with van der Waals surface area (Å²) in [6.45, 7) is 2.05. The quantitative estimate of drug-likeness (QED) is 0.831. The van der Waals surface area contributed by atoms with Crippen LogP contribution in [0, 0.1) is 0 Å². The first-order chi connectivity index (χ1) is 9.43. The third kappa shape index (κ3) is 2.98. The maximum absolute atomic E-state index is 4.06. The Bertz CT molecular complexity index is 517. The number of hydrogen-bond donors (Lipinski definition) is 1. The predicted octanol–water partition coefficient (Wildman–Crippen LogP) is 3.26. The normalized spacial score (nSPS) is 14.1. The monoisotopic (exact) mass is 255 g/mol. The van der Waals surface area contributed by atoms with Crippen molar-refractivity contribution in [2.24, 2.45) is 0 Å². The van der Waals surface area contributed by atoms with E-state index < -0.39 is 0 Å². The molecule has 0 fully saturated rings. The molecule has 0 bridgehead atoms. The molecule has 1 aliphatic rings. The van der Waals surface area contributed by atoms with Crippen molar-refractivity contribution >= 4 is 5.69 Å². The second-order valence-electron chi connectivity index (χ2n) is 5.23. The van der Waals surface area contributed by atoms with E-state index in [1.165, 1.54) is 31.4 Å². The number of hydrogen-bond acceptors (Lipinski definition) is 2. The van der Waals surface area contributed by atoms with Crippen LogP contribution in [0.1, 0.15) is 30.4 Å². The maximum Gasteiger partial charge on any atom is 0.0945 e. The summed E-state index contributed by atoms with van der Waals surface area (Å²) in [5.74, 6) is 0. The first-order valence-corrected chi connectivity index (χ1v) is 7.24. The van der Waals surface area contributed by atoms with E-state index in [4.69, 9.17) is 0 Å². The molecule has 1 aromatic carbocycles. The minimum Gasteiger partial charge on any atom is -0.385 e. The molecule has 1 N–H and O–H groups in total. The zero-order valence-corrected chi connectivity index (χ0v) is 11.3. The SMILES string of the molecule is c1cc2c(c(NCCCn3ccnc3)c1)CCCC2. The predicted molar refractivity (Wildman–Crippen MR) is 78.4 cm³/mol. The number of benzene rings is 1. The zero-order chi connectivity index (χ0) is 12.9. The van der Waals surface area contributed by atoms with Crippen LogP contribution >= 0.6 is 0 Å². The average Bonchev–Trinajstić information content (AvgIpc) is 2.97. The van der Waals surface area contributed by atoms with Crippen molar-refractivity contribution in [3.8, 4) is 0 Å². The van der Waals surface area contributed by atoms with E-state index in [1.54, 1.807) is 11.1 Å². The molecule has 100 valence electrons. The van der Waals surface area contributed by atoms with E-state index in [2.05, 4.69) is 33.1 Å². The molecule has 1 heterocycles. The molecule has 0 spiro atoms. The lowest BCUT2D eigenvalue weighted by Crippen LogP contribution is -2.10. The van der Waals surface area contributed by atoms with E-state index in [1.807, 2.05) is 18.7 Å². The van der Waals surface area contributed by atoms with Gasteiger partial charge in [0.25, 0.3) is 0 Å². The molecule has 0 atom stereocenters. The fraction of sp³-hybridized carbons (Fsp3) is 0.438. The molecule has 1 aliphatic carbocycles. The molecule has 0 radical (unpaired) electrons. The van der Waals surface area contributed by atoms with Crippen LogP contribution in [0.5, 0.6) is 0 Å². The number of anilines is 1. The lowest BCUT2D eigenvalue weighted by molar-refractivity contribution is 0.658.